The van der Waals surface area contributed by atoms with Gasteiger partial charge in [-0.2, -0.15) is 18.3 Å². The summed E-state index contributed by atoms with van der Waals surface area (Å²) in [5.41, 5.74) is 5.88. The van der Waals surface area contributed by atoms with Crippen molar-refractivity contribution in [2.24, 2.45) is 5.11 Å². The second-order valence-electron chi connectivity index (χ2n) is 2.97. The molecule has 0 aromatic heterocycles. The van der Waals surface area contributed by atoms with E-state index in [1.165, 1.54) is 31.4 Å². The maximum absolute atomic E-state index is 12.6. The van der Waals surface area contributed by atoms with Crippen molar-refractivity contribution in [1.82, 2.24) is 5.32 Å². The molecule has 0 fully saturated rings. The van der Waals surface area contributed by atoms with Crippen LogP contribution in [0.25, 0.3) is 5.70 Å². The van der Waals surface area contributed by atoms with Crippen molar-refractivity contribution in [2.75, 3.05) is 7.05 Å². The van der Waals surface area contributed by atoms with Gasteiger partial charge in [0.25, 0.3) is 0 Å². The van der Waals surface area contributed by atoms with E-state index < -0.39 is 11.7 Å². The van der Waals surface area contributed by atoms with Crippen molar-refractivity contribution in [3.8, 4) is 0 Å². The highest BCUT2D eigenvalue weighted by Crippen LogP contribution is 2.34. The predicted octanol–water partition coefficient (Wildman–Crippen LogP) is 3.25. The summed E-state index contributed by atoms with van der Waals surface area (Å²) < 4.78 is 37.9. The van der Waals surface area contributed by atoms with Gasteiger partial charge in [-0.1, -0.05) is 18.2 Å². The minimum absolute atomic E-state index is 0.0598. The second kappa shape index (κ2) is 4.78. The van der Waals surface area contributed by atoms with Crippen LogP contribution in [0.2, 0.25) is 0 Å². The van der Waals surface area contributed by atoms with Crippen LogP contribution in [0, 0.1) is 5.53 Å². The quantitative estimate of drug-likeness (QED) is 0.768. The van der Waals surface area contributed by atoms with Crippen molar-refractivity contribution in [1.29, 1.82) is 5.53 Å². The first-order valence-electron chi connectivity index (χ1n) is 4.42. The first-order valence-corrected chi connectivity index (χ1v) is 4.42. The molecule has 1 aromatic carbocycles. The molecule has 0 aliphatic rings. The molecule has 3 nitrogen and oxygen atoms in total. The summed E-state index contributed by atoms with van der Waals surface area (Å²) in [5.74, 6) is 0. The van der Waals surface area contributed by atoms with Gasteiger partial charge in [-0.15, -0.1) is 0 Å². The third kappa shape index (κ3) is 2.59. The molecule has 0 unspecified atom stereocenters. The first kappa shape index (κ1) is 12.2. The number of alkyl halides is 3. The van der Waals surface area contributed by atoms with Crippen LogP contribution >= 0.6 is 0 Å². The Morgan fingerprint density at radius 2 is 2.00 bits per heavy atom. The third-order valence-electron chi connectivity index (χ3n) is 1.91. The van der Waals surface area contributed by atoms with Gasteiger partial charge in [-0.25, -0.2) is 5.53 Å². The molecule has 86 valence electrons. The Balaban J connectivity index is 3.33. The Morgan fingerprint density at radius 3 is 2.50 bits per heavy atom. The van der Waals surface area contributed by atoms with Crippen LogP contribution in [0.3, 0.4) is 0 Å². The number of halogens is 3. The second-order valence-corrected chi connectivity index (χ2v) is 2.97. The summed E-state index contributed by atoms with van der Waals surface area (Å²) in [6, 6.07) is 5.01. The molecule has 1 aromatic rings. The standard InChI is InChI=1S/C10H10F3N3/c1-15-6-9(16-14)7-4-2-3-5-8(7)10(11,12)13/h2-6,14-15H,1H3/b9-6-,16-14?. The lowest BCUT2D eigenvalue weighted by Gasteiger charge is -2.11. The zero-order valence-corrected chi connectivity index (χ0v) is 8.47. The van der Waals surface area contributed by atoms with Crippen LogP contribution in [0.15, 0.2) is 35.6 Å². The van der Waals surface area contributed by atoms with Gasteiger partial charge in [0, 0.05) is 18.8 Å². The van der Waals surface area contributed by atoms with Crippen molar-refractivity contribution < 1.29 is 13.2 Å². The average molecular weight is 229 g/mol. The molecule has 0 atom stereocenters. The van der Waals surface area contributed by atoms with Gasteiger partial charge in [0.05, 0.1) is 5.56 Å². The van der Waals surface area contributed by atoms with E-state index in [0.29, 0.717) is 0 Å². The third-order valence-corrected chi connectivity index (χ3v) is 1.91. The maximum atomic E-state index is 12.6. The summed E-state index contributed by atoms with van der Waals surface area (Å²) >= 11 is 0. The molecule has 0 heterocycles. The smallest absolute Gasteiger partial charge is 0.392 e. The fraction of sp³-hybridized carbons (Fsp3) is 0.200. The number of nitrogens with zero attached hydrogens (tertiary/aromatic N) is 1. The molecule has 2 N–H and O–H groups in total. The number of hydrogen-bond acceptors (Lipinski definition) is 3. The highest BCUT2D eigenvalue weighted by molar-refractivity contribution is 5.67. The van der Waals surface area contributed by atoms with E-state index in [4.69, 9.17) is 5.53 Å². The molecule has 16 heavy (non-hydrogen) atoms. The maximum Gasteiger partial charge on any atom is 0.417 e. The molecular weight excluding hydrogens is 219 g/mol. The van der Waals surface area contributed by atoms with Gasteiger partial charge in [-0.05, 0) is 6.07 Å². The number of nitrogens with one attached hydrogen (secondary N) is 2. The van der Waals surface area contributed by atoms with Gasteiger partial charge in [0.2, 0.25) is 0 Å². The van der Waals surface area contributed by atoms with E-state index in [-0.39, 0.29) is 11.3 Å². The molecule has 0 bridgehead atoms. The Hall–Kier alpha value is -1.85. The Labute approximate surface area is 90.5 Å². The number of hydrogen-bond donors (Lipinski definition) is 2. The van der Waals surface area contributed by atoms with Crippen molar-refractivity contribution in [2.45, 2.75) is 6.18 Å². The number of rotatable bonds is 3. The van der Waals surface area contributed by atoms with Crippen LogP contribution in [-0.2, 0) is 6.18 Å². The monoisotopic (exact) mass is 229 g/mol. The zero-order valence-electron chi connectivity index (χ0n) is 8.47. The number of benzene rings is 1. The fourth-order valence-corrected chi connectivity index (χ4v) is 1.26. The molecule has 1 rings (SSSR count). The summed E-state index contributed by atoms with van der Waals surface area (Å²) in [4.78, 5) is 0. The van der Waals surface area contributed by atoms with Crippen LogP contribution in [0.5, 0.6) is 0 Å². The molecule has 0 aliphatic carbocycles. The Kier molecular flexibility index (Phi) is 3.65. The molecule has 6 heteroatoms. The largest absolute Gasteiger partial charge is 0.417 e. The minimum atomic E-state index is -4.45. The lowest BCUT2D eigenvalue weighted by molar-refractivity contribution is -0.137. The predicted molar refractivity (Wildman–Crippen MR) is 53.6 cm³/mol. The topological polar surface area (TPSA) is 48.2 Å². The SMILES string of the molecule is CN/C=C(\N=N)c1ccccc1C(F)(F)F. The zero-order chi connectivity index (χ0) is 12.2. The van der Waals surface area contributed by atoms with Gasteiger partial charge in [0.1, 0.15) is 5.70 Å². The Morgan fingerprint density at radius 1 is 1.38 bits per heavy atom. The summed E-state index contributed by atoms with van der Waals surface area (Å²) in [6.07, 6.45) is -3.20. The lowest BCUT2D eigenvalue weighted by Crippen LogP contribution is -2.09. The molecular formula is C10H10F3N3. The van der Waals surface area contributed by atoms with Gasteiger partial charge >= 0.3 is 6.18 Å². The molecule has 0 saturated heterocycles. The van der Waals surface area contributed by atoms with E-state index in [0.717, 1.165) is 6.07 Å². The normalized spacial score (nSPS) is 12.4. The highest BCUT2D eigenvalue weighted by Gasteiger charge is 2.33. The van der Waals surface area contributed by atoms with Gasteiger partial charge < -0.3 is 5.32 Å². The van der Waals surface area contributed by atoms with Gasteiger partial charge in [-0.3, -0.25) is 0 Å². The van der Waals surface area contributed by atoms with Crippen LogP contribution < -0.4 is 5.32 Å². The van der Waals surface area contributed by atoms with Crippen LogP contribution in [0.4, 0.5) is 13.2 Å². The molecule has 0 radical (unpaired) electrons. The van der Waals surface area contributed by atoms with Crippen LogP contribution in [-0.4, -0.2) is 7.05 Å². The summed E-state index contributed by atoms with van der Waals surface area (Å²) in [6.45, 7) is 0. The minimum Gasteiger partial charge on any atom is -0.392 e. The van der Waals surface area contributed by atoms with Crippen molar-refractivity contribution in [3.63, 3.8) is 0 Å². The van der Waals surface area contributed by atoms with E-state index in [1.807, 2.05) is 0 Å². The van der Waals surface area contributed by atoms with E-state index in [1.54, 1.807) is 0 Å². The van der Waals surface area contributed by atoms with Gasteiger partial charge in [0.15, 0.2) is 0 Å². The molecule has 0 spiro atoms. The molecule has 0 saturated carbocycles. The van der Waals surface area contributed by atoms with E-state index in [2.05, 4.69) is 10.4 Å². The van der Waals surface area contributed by atoms with E-state index >= 15 is 0 Å². The van der Waals surface area contributed by atoms with E-state index in [9.17, 15) is 13.2 Å². The average Bonchev–Trinajstić information content (AvgIpc) is 2.25. The summed E-state index contributed by atoms with van der Waals surface area (Å²) in [7, 11) is 1.53. The molecule has 0 amide bonds. The van der Waals surface area contributed by atoms with Crippen molar-refractivity contribution in [3.05, 3.63) is 41.6 Å². The molecule has 0 aliphatic heterocycles. The lowest BCUT2D eigenvalue weighted by atomic mass is 10.0. The van der Waals surface area contributed by atoms with Crippen molar-refractivity contribution >= 4 is 5.70 Å². The highest BCUT2D eigenvalue weighted by atomic mass is 19.4. The summed E-state index contributed by atoms with van der Waals surface area (Å²) in [5, 5.41) is 5.62. The fourth-order valence-electron chi connectivity index (χ4n) is 1.26. The first-order chi connectivity index (χ1) is 7.50. The van der Waals surface area contributed by atoms with Crippen LogP contribution in [0.1, 0.15) is 11.1 Å². The Bertz CT molecular complexity index is 410.